The van der Waals surface area contributed by atoms with Gasteiger partial charge in [-0.15, -0.1) is 0 Å². The van der Waals surface area contributed by atoms with E-state index >= 15 is 0 Å². The number of ether oxygens (including phenoxy) is 1. The Morgan fingerprint density at radius 2 is 1.78 bits per heavy atom. The lowest BCUT2D eigenvalue weighted by atomic mass is 10.1. The molecule has 3 amide bonds. The van der Waals surface area contributed by atoms with Crippen molar-refractivity contribution in [3.05, 3.63) is 59.9 Å². The Balaban J connectivity index is 1.36. The summed E-state index contributed by atoms with van der Waals surface area (Å²) in [5.41, 5.74) is 2.33. The highest BCUT2D eigenvalue weighted by molar-refractivity contribution is 5.95. The van der Waals surface area contributed by atoms with Gasteiger partial charge >= 0.3 is 6.03 Å². The minimum Gasteiger partial charge on any atom is -0.379 e. The van der Waals surface area contributed by atoms with E-state index in [2.05, 4.69) is 20.5 Å². The Kier molecular flexibility index (Phi) is 7.68. The molecule has 2 fully saturated rings. The highest BCUT2D eigenvalue weighted by atomic mass is 16.5. The van der Waals surface area contributed by atoms with Crippen molar-refractivity contribution in [1.29, 1.82) is 0 Å². The molecule has 1 aliphatic carbocycles. The fraction of sp³-hybridized carbons (Fsp3) is 0.458. The van der Waals surface area contributed by atoms with Crippen molar-refractivity contribution in [2.75, 3.05) is 44.7 Å². The number of amides is 3. The summed E-state index contributed by atoms with van der Waals surface area (Å²) in [5.74, 6) is -0.0160. The summed E-state index contributed by atoms with van der Waals surface area (Å²) in [6, 6.07) is 11.1. The molecule has 0 unspecified atom stereocenters. The van der Waals surface area contributed by atoms with Gasteiger partial charge in [0.25, 0.3) is 5.91 Å². The summed E-state index contributed by atoms with van der Waals surface area (Å²) >= 11 is 0. The average molecular weight is 438 g/mol. The molecule has 1 aromatic heterocycles. The number of carbonyl (C=O) groups is 2. The average Bonchev–Trinajstić information content (AvgIpc) is 3.64. The molecule has 4 rings (SSSR count). The maximum absolute atomic E-state index is 13.3. The largest absolute Gasteiger partial charge is 0.379 e. The summed E-state index contributed by atoms with van der Waals surface area (Å²) in [6.45, 7) is 5.60. The van der Waals surface area contributed by atoms with E-state index < -0.39 is 0 Å². The molecule has 0 spiro atoms. The predicted molar refractivity (Wildman–Crippen MR) is 122 cm³/mol. The zero-order valence-electron chi connectivity index (χ0n) is 18.3. The Bertz CT molecular complexity index is 880. The van der Waals surface area contributed by atoms with E-state index in [9.17, 15) is 9.59 Å². The van der Waals surface area contributed by atoms with Gasteiger partial charge in [0, 0.05) is 62.4 Å². The first kappa shape index (κ1) is 22.2. The first-order chi connectivity index (χ1) is 15.7. The molecular weight excluding hydrogens is 406 g/mol. The van der Waals surface area contributed by atoms with Crippen LogP contribution in [-0.4, -0.2) is 72.2 Å². The Morgan fingerprint density at radius 3 is 2.47 bits per heavy atom. The van der Waals surface area contributed by atoms with E-state index in [1.807, 2.05) is 17.0 Å². The third-order valence-corrected chi connectivity index (χ3v) is 5.72. The quantitative estimate of drug-likeness (QED) is 0.630. The van der Waals surface area contributed by atoms with Gasteiger partial charge in [-0.25, -0.2) is 4.79 Å². The van der Waals surface area contributed by atoms with Crippen LogP contribution in [0.4, 0.5) is 10.5 Å². The third kappa shape index (κ3) is 6.77. The number of urea groups is 1. The van der Waals surface area contributed by atoms with Crippen LogP contribution in [0.25, 0.3) is 0 Å². The van der Waals surface area contributed by atoms with Crippen molar-refractivity contribution < 1.29 is 14.3 Å². The number of hydrogen-bond donors (Lipinski definition) is 2. The van der Waals surface area contributed by atoms with E-state index in [0.29, 0.717) is 30.4 Å². The molecule has 0 atom stereocenters. The molecular formula is C24H31N5O3. The van der Waals surface area contributed by atoms with Crippen LogP contribution >= 0.6 is 0 Å². The van der Waals surface area contributed by atoms with Gasteiger partial charge in [-0.1, -0.05) is 0 Å². The second-order valence-corrected chi connectivity index (χ2v) is 8.34. The molecule has 8 nitrogen and oxygen atoms in total. The van der Waals surface area contributed by atoms with E-state index in [-0.39, 0.29) is 11.9 Å². The fourth-order valence-electron chi connectivity index (χ4n) is 3.73. The number of rotatable bonds is 9. The second-order valence-electron chi connectivity index (χ2n) is 8.34. The molecule has 32 heavy (non-hydrogen) atoms. The van der Waals surface area contributed by atoms with Gasteiger partial charge in [-0.3, -0.25) is 14.7 Å². The monoisotopic (exact) mass is 437 g/mol. The summed E-state index contributed by atoms with van der Waals surface area (Å²) < 4.78 is 5.42. The zero-order chi connectivity index (χ0) is 22.2. The van der Waals surface area contributed by atoms with Crippen LogP contribution in [0.5, 0.6) is 0 Å². The Hall–Kier alpha value is -2.97. The van der Waals surface area contributed by atoms with Crippen molar-refractivity contribution in [1.82, 2.24) is 20.1 Å². The van der Waals surface area contributed by atoms with Crippen molar-refractivity contribution in [3.8, 4) is 0 Å². The van der Waals surface area contributed by atoms with Gasteiger partial charge in [0.2, 0.25) is 0 Å². The Morgan fingerprint density at radius 1 is 1.06 bits per heavy atom. The normalized spacial score (nSPS) is 16.4. The van der Waals surface area contributed by atoms with E-state index in [1.54, 1.807) is 36.7 Å². The van der Waals surface area contributed by atoms with Gasteiger partial charge in [0.15, 0.2) is 0 Å². The Labute approximate surface area is 188 Å². The summed E-state index contributed by atoms with van der Waals surface area (Å²) in [4.78, 5) is 33.6. The molecule has 1 aliphatic heterocycles. The number of hydrogen-bond acceptors (Lipinski definition) is 5. The molecule has 0 bridgehead atoms. The second kappa shape index (κ2) is 11.1. The summed E-state index contributed by atoms with van der Waals surface area (Å²) in [6.07, 6.45) is 6.48. The molecule has 0 radical (unpaired) electrons. The first-order valence-electron chi connectivity index (χ1n) is 11.3. The highest BCUT2D eigenvalue weighted by Crippen LogP contribution is 2.19. The molecule has 2 aliphatic rings. The fourth-order valence-corrected chi connectivity index (χ4v) is 3.73. The lowest BCUT2D eigenvalue weighted by Gasteiger charge is -2.28. The number of anilines is 1. The molecule has 2 aromatic rings. The van der Waals surface area contributed by atoms with Crippen molar-refractivity contribution >= 4 is 17.6 Å². The number of morpholine rings is 1. The molecule has 1 saturated heterocycles. The molecule has 2 heterocycles. The number of benzene rings is 1. The van der Waals surface area contributed by atoms with Crippen LogP contribution in [0.15, 0.2) is 48.8 Å². The molecule has 170 valence electrons. The highest BCUT2D eigenvalue weighted by Gasteiger charge is 2.23. The molecule has 2 N–H and O–H groups in total. The van der Waals surface area contributed by atoms with Crippen LogP contribution < -0.4 is 10.6 Å². The van der Waals surface area contributed by atoms with E-state index in [0.717, 1.165) is 57.7 Å². The SMILES string of the molecule is O=C(Nc1ccc(C(=O)N(CCCN2CCOCC2)Cc2ccncc2)cc1)NC1CC1. The van der Waals surface area contributed by atoms with Gasteiger partial charge in [0.1, 0.15) is 0 Å². The maximum Gasteiger partial charge on any atom is 0.319 e. The van der Waals surface area contributed by atoms with Gasteiger partial charge in [-0.2, -0.15) is 0 Å². The van der Waals surface area contributed by atoms with Crippen LogP contribution in [-0.2, 0) is 11.3 Å². The smallest absolute Gasteiger partial charge is 0.319 e. The van der Waals surface area contributed by atoms with E-state index in [1.165, 1.54) is 0 Å². The van der Waals surface area contributed by atoms with Gasteiger partial charge < -0.3 is 20.3 Å². The first-order valence-corrected chi connectivity index (χ1v) is 11.3. The minimum atomic E-state index is -0.200. The topological polar surface area (TPSA) is 86.8 Å². The van der Waals surface area contributed by atoms with Crippen molar-refractivity contribution in [2.24, 2.45) is 0 Å². The number of nitrogens with one attached hydrogen (secondary N) is 2. The van der Waals surface area contributed by atoms with Crippen LogP contribution in [0, 0.1) is 0 Å². The number of pyridine rings is 1. The predicted octanol–water partition coefficient (Wildman–Crippen LogP) is 2.73. The van der Waals surface area contributed by atoms with Gasteiger partial charge in [0.05, 0.1) is 13.2 Å². The zero-order valence-corrected chi connectivity index (χ0v) is 18.3. The van der Waals surface area contributed by atoms with Gasteiger partial charge in [-0.05, 0) is 61.2 Å². The number of carbonyl (C=O) groups excluding carboxylic acids is 2. The van der Waals surface area contributed by atoms with E-state index in [4.69, 9.17) is 4.74 Å². The minimum absolute atomic E-state index is 0.0160. The van der Waals surface area contributed by atoms with Crippen molar-refractivity contribution in [2.45, 2.75) is 31.8 Å². The standard InChI is InChI=1S/C24H31N5O3/c30-23(20-2-4-21(5-3-20)26-24(31)27-22-6-7-22)29(18-19-8-10-25-11-9-19)13-1-12-28-14-16-32-17-15-28/h2-5,8-11,22H,1,6-7,12-18H2,(H2,26,27,31). The summed E-state index contributed by atoms with van der Waals surface area (Å²) in [7, 11) is 0. The number of nitrogens with zero attached hydrogens (tertiary/aromatic N) is 3. The molecule has 1 aromatic carbocycles. The number of aromatic nitrogens is 1. The van der Waals surface area contributed by atoms with Crippen molar-refractivity contribution in [3.63, 3.8) is 0 Å². The molecule has 8 heteroatoms. The van der Waals surface area contributed by atoms with Crippen LogP contribution in [0.2, 0.25) is 0 Å². The lowest BCUT2D eigenvalue weighted by Crippen LogP contribution is -2.39. The molecule has 1 saturated carbocycles. The summed E-state index contributed by atoms with van der Waals surface area (Å²) in [5, 5.41) is 5.71. The maximum atomic E-state index is 13.3. The third-order valence-electron chi connectivity index (χ3n) is 5.72. The van der Waals surface area contributed by atoms with Crippen LogP contribution in [0.1, 0.15) is 35.2 Å². The van der Waals surface area contributed by atoms with Crippen LogP contribution in [0.3, 0.4) is 0 Å². The lowest BCUT2D eigenvalue weighted by molar-refractivity contribution is 0.0355.